The molecular formula is C6H5BrN2O2S. The van der Waals surface area contributed by atoms with Gasteiger partial charge in [0.25, 0.3) is 5.91 Å². The molecule has 12 heavy (non-hydrogen) atoms. The molecule has 64 valence electrons. The first-order chi connectivity index (χ1) is 5.59. The largest absolute Gasteiger partial charge is 0.351 e. The molecule has 1 aromatic heterocycles. The van der Waals surface area contributed by atoms with Crippen LogP contribution in [0, 0.1) is 0 Å². The number of carbonyl (C=O) groups excluding carboxylic acids is 2. The SMILES string of the molecule is NC(=O)NC(=O)c1ccc(Br)s1. The Morgan fingerprint density at radius 1 is 1.50 bits per heavy atom. The van der Waals surface area contributed by atoms with Crippen LogP contribution in [-0.2, 0) is 0 Å². The summed E-state index contributed by atoms with van der Waals surface area (Å²) >= 11 is 4.42. The molecule has 0 unspecified atom stereocenters. The number of hydrogen-bond donors (Lipinski definition) is 2. The number of thiophene rings is 1. The Balaban J connectivity index is 2.72. The number of halogens is 1. The second-order valence-electron chi connectivity index (χ2n) is 1.92. The van der Waals surface area contributed by atoms with E-state index in [4.69, 9.17) is 5.73 Å². The van der Waals surface area contributed by atoms with E-state index >= 15 is 0 Å². The first-order valence-corrected chi connectivity index (χ1v) is 4.56. The fraction of sp³-hybridized carbons (Fsp3) is 0. The van der Waals surface area contributed by atoms with Gasteiger partial charge in [0.05, 0.1) is 8.66 Å². The van der Waals surface area contributed by atoms with Crippen LogP contribution in [0.25, 0.3) is 0 Å². The third kappa shape index (κ3) is 2.31. The molecule has 0 aromatic carbocycles. The number of carbonyl (C=O) groups is 2. The first-order valence-electron chi connectivity index (χ1n) is 2.95. The lowest BCUT2D eigenvalue weighted by Crippen LogP contribution is -2.34. The van der Waals surface area contributed by atoms with Crippen molar-refractivity contribution >= 4 is 39.2 Å². The highest BCUT2D eigenvalue weighted by molar-refractivity contribution is 9.11. The summed E-state index contributed by atoms with van der Waals surface area (Å²) in [7, 11) is 0. The summed E-state index contributed by atoms with van der Waals surface area (Å²) in [4.78, 5) is 21.8. The van der Waals surface area contributed by atoms with Crippen molar-refractivity contribution in [2.24, 2.45) is 5.73 Å². The van der Waals surface area contributed by atoms with Gasteiger partial charge in [-0.05, 0) is 28.1 Å². The van der Waals surface area contributed by atoms with E-state index in [1.54, 1.807) is 12.1 Å². The molecule has 0 aliphatic heterocycles. The van der Waals surface area contributed by atoms with E-state index < -0.39 is 11.9 Å². The van der Waals surface area contributed by atoms with Crippen molar-refractivity contribution in [2.75, 3.05) is 0 Å². The second kappa shape index (κ2) is 3.68. The number of rotatable bonds is 1. The van der Waals surface area contributed by atoms with Crippen LogP contribution in [0.5, 0.6) is 0 Å². The van der Waals surface area contributed by atoms with Crippen molar-refractivity contribution in [3.8, 4) is 0 Å². The Kier molecular flexibility index (Phi) is 2.83. The Hall–Kier alpha value is -0.880. The standard InChI is InChI=1S/C6H5BrN2O2S/c7-4-2-1-3(12-4)5(10)9-6(8)11/h1-2H,(H3,8,9,10,11). The number of imide groups is 1. The molecule has 0 bridgehead atoms. The lowest BCUT2D eigenvalue weighted by atomic mass is 10.4. The van der Waals surface area contributed by atoms with Crippen LogP contribution in [0.2, 0.25) is 0 Å². The summed E-state index contributed by atoms with van der Waals surface area (Å²) < 4.78 is 0.831. The smallest absolute Gasteiger partial charge is 0.319 e. The van der Waals surface area contributed by atoms with Gasteiger partial charge in [-0.2, -0.15) is 0 Å². The predicted molar refractivity (Wildman–Crippen MR) is 49.1 cm³/mol. The highest BCUT2D eigenvalue weighted by Crippen LogP contribution is 2.21. The molecule has 4 nitrogen and oxygen atoms in total. The molecule has 0 atom stereocenters. The number of amides is 3. The van der Waals surface area contributed by atoms with Crippen molar-refractivity contribution in [2.45, 2.75) is 0 Å². The van der Waals surface area contributed by atoms with E-state index in [9.17, 15) is 9.59 Å². The molecule has 3 N–H and O–H groups in total. The zero-order valence-corrected chi connectivity index (χ0v) is 8.24. The van der Waals surface area contributed by atoms with Gasteiger partial charge in [0.15, 0.2) is 0 Å². The normalized spacial score (nSPS) is 9.42. The molecule has 0 saturated carbocycles. The maximum Gasteiger partial charge on any atom is 0.319 e. The van der Waals surface area contributed by atoms with E-state index in [0.29, 0.717) is 4.88 Å². The van der Waals surface area contributed by atoms with Gasteiger partial charge in [-0.15, -0.1) is 11.3 Å². The second-order valence-corrected chi connectivity index (χ2v) is 4.39. The molecule has 0 aliphatic carbocycles. The first kappa shape index (κ1) is 9.21. The number of urea groups is 1. The zero-order valence-electron chi connectivity index (χ0n) is 5.83. The molecule has 1 aromatic rings. The summed E-state index contributed by atoms with van der Waals surface area (Å²) in [5, 5.41) is 1.96. The number of nitrogens with two attached hydrogens (primary N) is 1. The van der Waals surface area contributed by atoms with Gasteiger partial charge < -0.3 is 5.73 Å². The van der Waals surface area contributed by atoms with Gasteiger partial charge in [0, 0.05) is 0 Å². The minimum Gasteiger partial charge on any atom is -0.351 e. The van der Waals surface area contributed by atoms with E-state index in [1.807, 2.05) is 5.32 Å². The van der Waals surface area contributed by atoms with Crippen molar-refractivity contribution in [3.05, 3.63) is 20.8 Å². The third-order valence-electron chi connectivity index (χ3n) is 1.03. The van der Waals surface area contributed by atoms with Crippen LogP contribution in [0.3, 0.4) is 0 Å². The summed E-state index contributed by atoms with van der Waals surface area (Å²) in [6.45, 7) is 0. The van der Waals surface area contributed by atoms with Gasteiger partial charge in [0.1, 0.15) is 0 Å². The molecule has 0 radical (unpaired) electrons. The van der Waals surface area contributed by atoms with Gasteiger partial charge >= 0.3 is 6.03 Å². The molecule has 0 aliphatic rings. The highest BCUT2D eigenvalue weighted by atomic mass is 79.9. The Morgan fingerprint density at radius 3 is 2.58 bits per heavy atom. The lowest BCUT2D eigenvalue weighted by molar-refractivity contribution is 0.0970. The number of nitrogens with one attached hydrogen (secondary N) is 1. The maximum absolute atomic E-state index is 11.0. The maximum atomic E-state index is 11.0. The van der Waals surface area contributed by atoms with Crippen LogP contribution < -0.4 is 11.1 Å². The zero-order chi connectivity index (χ0) is 9.14. The van der Waals surface area contributed by atoms with Gasteiger partial charge in [-0.1, -0.05) is 0 Å². The molecule has 6 heteroatoms. The van der Waals surface area contributed by atoms with Gasteiger partial charge in [0.2, 0.25) is 0 Å². The van der Waals surface area contributed by atoms with Crippen LogP contribution >= 0.6 is 27.3 Å². The number of hydrogen-bond acceptors (Lipinski definition) is 3. The Morgan fingerprint density at radius 2 is 2.17 bits per heavy atom. The molecule has 0 fully saturated rings. The summed E-state index contributed by atoms with van der Waals surface area (Å²) in [6, 6.07) is 2.48. The molecule has 0 spiro atoms. The van der Waals surface area contributed by atoms with Crippen LogP contribution in [-0.4, -0.2) is 11.9 Å². The van der Waals surface area contributed by atoms with Crippen molar-refractivity contribution in [3.63, 3.8) is 0 Å². The average molecular weight is 249 g/mol. The van der Waals surface area contributed by atoms with Crippen molar-refractivity contribution in [1.29, 1.82) is 0 Å². The van der Waals surface area contributed by atoms with E-state index in [2.05, 4.69) is 15.9 Å². The molecule has 1 rings (SSSR count). The van der Waals surface area contributed by atoms with Gasteiger partial charge in [-0.25, -0.2) is 4.79 Å². The monoisotopic (exact) mass is 248 g/mol. The molecular weight excluding hydrogens is 244 g/mol. The van der Waals surface area contributed by atoms with E-state index in [0.717, 1.165) is 3.79 Å². The fourth-order valence-corrected chi connectivity index (χ4v) is 1.89. The summed E-state index contributed by atoms with van der Waals surface area (Å²) in [6.07, 6.45) is 0. The third-order valence-corrected chi connectivity index (χ3v) is 2.66. The van der Waals surface area contributed by atoms with Crippen molar-refractivity contribution < 1.29 is 9.59 Å². The van der Waals surface area contributed by atoms with E-state index in [1.165, 1.54) is 11.3 Å². The average Bonchev–Trinajstić information content (AvgIpc) is 2.34. The van der Waals surface area contributed by atoms with Gasteiger partial charge in [-0.3, -0.25) is 10.1 Å². The van der Waals surface area contributed by atoms with Crippen LogP contribution in [0.4, 0.5) is 4.79 Å². The minimum atomic E-state index is -0.843. The van der Waals surface area contributed by atoms with E-state index in [-0.39, 0.29) is 0 Å². The topological polar surface area (TPSA) is 72.2 Å². The predicted octanol–water partition coefficient (Wildman–Crippen LogP) is 1.32. The molecule has 1 heterocycles. The molecule has 0 saturated heterocycles. The fourth-order valence-electron chi connectivity index (χ4n) is 0.610. The Bertz CT molecular complexity index is 323. The van der Waals surface area contributed by atoms with Crippen LogP contribution in [0.15, 0.2) is 15.9 Å². The molecule has 3 amide bonds. The summed E-state index contributed by atoms with van der Waals surface area (Å²) in [5.74, 6) is -0.474. The van der Waals surface area contributed by atoms with Crippen molar-refractivity contribution in [1.82, 2.24) is 5.32 Å². The highest BCUT2D eigenvalue weighted by Gasteiger charge is 2.09. The summed E-state index contributed by atoms with van der Waals surface area (Å²) in [5.41, 5.74) is 4.76. The quantitative estimate of drug-likeness (QED) is 0.787. The van der Waals surface area contributed by atoms with Crippen LogP contribution in [0.1, 0.15) is 9.67 Å². The lowest BCUT2D eigenvalue weighted by Gasteiger charge is -1.94. The minimum absolute atomic E-state index is 0.445. The Labute approximate surface area is 80.9 Å². The number of primary amides is 1.